The molecule has 0 radical (unpaired) electrons. The molecule has 2 heterocycles. The zero-order valence-corrected chi connectivity index (χ0v) is 31.8. The van der Waals surface area contributed by atoms with Crippen molar-refractivity contribution in [3.05, 3.63) is 66.0 Å². The number of ether oxygens (including phenoxy) is 3. The molecule has 3 amide bonds. The predicted octanol–water partition coefficient (Wildman–Crippen LogP) is 5.37. The molecule has 1 aromatic carbocycles. The van der Waals surface area contributed by atoms with Crippen LogP contribution in [0.25, 0.3) is 0 Å². The van der Waals surface area contributed by atoms with Gasteiger partial charge in [0.15, 0.2) is 5.17 Å². The first kappa shape index (κ1) is 41.6. The number of thioether (sulfide) groups is 1. The lowest BCUT2D eigenvalue weighted by molar-refractivity contribution is -0.133. The molecule has 2 aromatic rings. The van der Waals surface area contributed by atoms with E-state index in [0.29, 0.717) is 87.6 Å². The normalized spacial score (nSPS) is 15.8. The number of carbonyl (C=O) groups is 4. The van der Waals surface area contributed by atoms with Crippen molar-refractivity contribution in [2.75, 3.05) is 63.1 Å². The van der Waals surface area contributed by atoms with Gasteiger partial charge in [0, 0.05) is 55.1 Å². The van der Waals surface area contributed by atoms with Crippen LogP contribution < -0.4 is 16.0 Å². The lowest BCUT2D eigenvalue weighted by Gasteiger charge is -2.35. The van der Waals surface area contributed by atoms with E-state index in [4.69, 9.17) is 19.2 Å². The van der Waals surface area contributed by atoms with E-state index in [2.05, 4.69) is 27.5 Å². The summed E-state index contributed by atoms with van der Waals surface area (Å²) in [5, 5.41) is 9.89. The highest BCUT2D eigenvalue weighted by atomic mass is 32.2. The van der Waals surface area contributed by atoms with Gasteiger partial charge in [-0.2, -0.15) is 0 Å². The molecular formula is C39H54N6O7S. The fourth-order valence-corrected chi connectivity index (χ4v) is 7.02. The number of aliphatic imine (C=N–C) groups is 1. The Morgan fingerprint density at radius 2 is 1.77 bits per heavy atom. The number of hydrogen-bond acceptors (Lipinski definition) is 10. The second-order valence-electron chi connectivity index (χ2n) is 13.3. The minimum atomic E-state index is -0.491. The summed E-state index contributed by atoms with van der Waals surface area (Å²) in [7, 11) is 0. The average Bonchev–Trinajstić information content (AvgIpc) is 3.49. The van der Waals surface area contributed by atoms with Crippen LogP contribution in [-0.4, -0.2) is 97.5 Å². The maximum Gasteiger partial charge on any atom is 0.254 e. The number of benzene rings is 1. The molecule has 13 nitrogen and oxygen atoms in total. The van der Waals surface area contributed by atoms with Crippen molar-refractivity contribution < 1.29 is 33.4 Å². The number of rotatable bonds is 22. The molecule has 1 aliphatic carbocycles. The summed E-state index contributed by atoms with van der Waals surface area (Å²) in [5.74, 6) is 0.509. The summed E-state index contributed by atoms with van der Waals surface area (Å²) in [4.78, 5) is 60.1. The number of aromatic nitrogens is 1. The van der Waals surface area contributed by atoms with Crippen LogP contribution in [-0.2, 0) is 41.6 Å². The van der Waals surface area contributed by atoms with Gasteiger partial charge in [-0.25, -0.2) is 9.98 Å². The number of pyridine rings is 1. The average molecular weight is 751 g/mol. The Labute approximate surface area is 317 Å². The van der Waals surface area contributed by atoms with Crippen LogP contribution in [0, 0.1) is 5.41 Å². The Morgan fingerprint density at radius 1 is 1.04 bits per heavy atom. The van der Waals surface area contributed by atoms with Gasteiger partial charge in [0.2, 0.25) is 11.8 Å². The van der Waals surface area contributed by atoms with Crippen LogP contribution in [0.2, 0.25) is 0 Å². The van der Waals surface area contributed by atoms with Gasteiger partial charge in [0.25, 0.3) is 5.91 Å². The van der Waals surface area contributed by atoms with Gasteiger partial charge >= 0.3 is 0 Å². The highest BCUT2D eigenvalue weighted by molar-refractivity contribution is 8.13. The van der Waals surface area contributed by atoms with Crippen molar-refractivity contribution in [3.8, 4) is 0 Å². The first-order valence-corrected chi connectivity index (χ1v) is 19.7. The first-order chi connectivity index (χ1) is 25.8. The van der Waals surface area contributed by atoms with Crippen LogP contribution in [0.5, 0.6) is 0 Å². The quantitative estimate of drug-likeness (QED) is 0.0618. The predicted molar refractivity (Wildman–Crippen MR) is 208 cm³/mol. The SMILES string of the molecule is C=C/N=C(/Nc1cccc(CC2(C(=O)NCCOCCOCCOCCC(=O)Nc3ccc4c(c3)CN(C(C)CCC=O)C4=O)CCCCC2)n1)SC. The highest BCUT2D eigenvalue weighted by Crippen LogP contribution is 2.39. The number of hydrogen-bond donors (Lipinski definition) is 3. The summed E-state index contributed by atoms with van der Waals surface area (Å²) in [6.45, 7) is 8.61. The van der Waals surface area contributed by atoms with Crippen LogP contribution in [0.3, 0.4) is 0 Å². The van der Waals surface area contributed by atoms with Crippen LogP contribution in [0.4, 0.5) is 11.5 Å². The Bertz CT molecular complexity index is 1560. The van der Waals surface area contributed by atoms with E-state index in [1.807, 2.05) is 37.4 Å². The summed E-state index contributed by atoms with van der Waals surface area (Å²) in [6.07, 6.45) is 10.9. The van der Waals surface area contributed by atoms with E-state index < -0.39 is 5.41 Å². The molecule has 1 fully saturated rings. The van der Waals surface area contributed by atoms with Crippen LogP contribution in [0.1, 0.15) is 79.9 Å². The van der Waals surface area contributed by atoms with Crippen molar-refractivity contribution in [2.45, 2.75) is 77.3 Å². The fraction of sp³-hybridized carbons (Fsp3) is 0.538. The van der Waals surface area contributed by atoms with Gasteiger partial charge in [-0.1, -0.05) is 43.7 Å². The van der Waals surface area contributed by atoms with Crippen molar-refractivity contribution in [1.82, 2.24) is 15.2 Å². The molecule has 1 aromatic heterocycles. The van der Waals surface area contributed by atoms with Gasteiger partial charge in [-0.3, -0.25) is 14.4 Å². The Morgan fingerprint density at radius 3 is 2.49 bits per heavy atom. The summed E-state index contributed by atoms with van der Waals surface area (Å²) < 4.78 is 16.8. The molecule has 288 valence electrons. The smallest absolute Gasteiger partial charge is 0.254 e. The molecule has 1 unspecified atom stereocenters. The van der Waals surface area contributed by atoms with E-state index in [0.717, 1.165) is 49.6 Å². The highest BCUT2D eigenvalue weighted by Gasteiger charge is 2.39. The second-order valence-corrected chi connectivity index (χ2v) is 14.1. The molecule has 3 N–H and O–H groups in total. The van der Waals surface area contributed by atoms with Crippen LogP contribution >= 0.6 is 11.8 Å². The van der Waals surface area contributed by atoms with Gasteiger partial charge in [-0.15, -0.1) is 0 Å². The van der Waals surface area contributed by atoms with Crippen molar-refractivity contribution in [1.29, 1.82) is 0 Å². The minimum Gasteiger partial charge on any atom is -0.379 e. The largest absolute Gasteiger partial charge is 0.379 e. The Kier molecular flexibility index (Phi) is 17.4. The molecule has 4 rings (SSSR count). The topological polar surface area (TPSA) is 161 Å². The van der Waals surface area contributed by atoms with Gasteiger partial charge < -0.3 is 39.9 Å². The molecular weight excluding hydrogens is 697 g/mol. The number of fused-ring (bicyclic) bond motifs is 1. The molecule has 0 bridgehead atoms. The number of amidine groups is 1. The molecule has 1 atom stereocenters. The van der Waals surface area contributed by atoms with Gasteiger partial charge in [0.1, 0.15) is 12.1 Å². The zero-order chi connectivity index (χ0) is 37.9. The van der Waals surface area contributed by atoms with E-state index >= 15 is 0 Å². The summed E-state index contributed by atoms with van der Waals surface area (Å²) in [5.41, 5.74) is 2.50. The van der Waals surface area contributed by atoms with Crippen molar-refractivity contribution in [2.24, 2.45) is 10.4 Å². The number of anilines is 2. The molecule has 2 aliphatic rings. The lowest BCUT2D eigenvalue weighted by atomic mass is 9.70. The Balaban J connectivity index is 1.05. The number of nitrogens with zero attached hydrogens (tertiary/aromatic N) is 3. The van der Waals surface area contributed by atoms with Crippen molar-refractivity contribution >= 4 is 52.4 Å². The first-order valence-electron chi connectivity index (χ1n) is 18.4. The monoisotopic (exact) mass is 750 g/mol. The van der Waals surface area contributed by atoms with Crippen LogP contribution in [0.15, 0.2) is 54.2 Å². The molecule has 1 aliphatic heterocycles. The molecule has 14 heteroatoms. The van der Waals surface area contributed by atoms with E-state index in [9.17, 15) is 19.2 Å². The van der Waals surface area contributed by atoms with E-state index in [1.165, 1.54) is 18.0 Å². The minimum absolute atomic E-state index is 0.0362. The standard InChI is InChI=1S/C39H54N6O7S/c1-4-40-38(53-3)44-34-12-8-11-32(42-34)27-39(16-6-5-7-17-39)37(49)41-18-21-51-23-25-52-24-22-50-20-15-35(47)43-31-13-14-33-30(26-31)28-45(36(33)48)29(2)10-9-19-46/h4,8,11-14,19,26,29H,1,5-7,9-10,15-18,20-25,27-28H2,2-3H3,(H,41,49)(H,43,47)(H,40,42,44). The zero-order valence-electron chi connectivity index (χ0n) is 31.0. The lowest BCUT2D eigenvalue weighted by Crippen LogP contribution is -2.45. The fourth-order valence-electron chi connectivity index (χ4n) is 6.63. The van der Waals surface area contributed by atoms with Gasteiger partial charge in [0.05, 0.1) is 51.5 Å². The van der Waals surface area contributed by atoms with E-state index in [1.54, 1.807) is 17.0 Å². The third-order valence-corrected chi connectivity index (χ3v) is 10.1. The van der Waals surface area contributed by atoms with Crippen molar-refractivity contribution in [3.63, 3.8) is 0 Å². The second kappa shape index (κ2) is 22.2. The maximum absolute atomic E-state index is 13.5. The number of nitrogens with one attached hydrogen (secondary N) is 3. The summed E-state index contributed by atoms with van der Waals surface area (Å²) >= 11 is 1.47. The molecule has 0 spiro atoms. The number of amides is 3. The summed E-state index contributed by atoms with van der Waals surface area (Å²) in [6, 6.07) is 11.1. The molecule has 53 heavy (non-hydrogen) atoms. The van der Waals surface area contributed by atoms with E-state index in [-0.39, 0.29) is 36.8 Å². The van der Waals surface area contributed by atoms with Gasteiger partial charge in [-0.05, 0) is 68.3 Å². The molecule has 0 saturated heterocycles. The third-order valence-electron chi connectivity index (χ3n) is 9.46. The Hall–Kier alpha value is -4.11. The molecule has 1 saturated carbocycles. The number of aldehydes is 1. The maximum atomic E-state index is 13.5. The third kappa shape index (κ3) is 13.1. The number of carbonyl (C=O) groups excluding carboxylic acids is 4.